The molecule has 1 aliphatic rings. The summed E-state index contributed by atoms with van der Waals surface area (Å²) in [5.74, 6) is 1.53. The first kappa shape index (κ1) is 15.6. The van der Waals surface area contributed by atoms with Crippen LogP contribution < -0.4 is 20.1 Å². The van der Waals surface area contributed by atoms with Crippen LogP contribution in [0.15, 0.2) is 42.5 Å². The molecular formula is C18H20N2O2S. The fourth-order valence-corrected chi connectivity index (χ4v) is 2.64. The number of aryl methyl sites for hydroxylation is 1. The Bertz CT molecular complexity index is 703. The molecule has 0 aliphatic carbocycles. The van der Waals surface area contributed by atoms with Crippen molar-refractivity contribution in [2.75, 3.05) is 23.8 Å². The normalized spacial score (nSPS) is 13.1. The number of benzene rings is 2. The van der Waals surface area contributed by atoms with Gasteiger partial charge in [-0.3, -0.25) is 0 Å². The van der Waals surface area contributed by atoms with Crippen molar-refractivity contribution in [1.82, 2.24) is 0 Å². The van der Waals surface area contributed by atoms with Gasteiger partial charge in [-0.1, -0.05) is 19.1 Å². The largest absolute Gasteiger partial charge is 0.490 e. The van der Waals surface area contributed by atoms with Crippen molar-refractivity contribution in [3.8, 4) is 11.5 Å². The Morgan fingerprint density at radius 1 is 1.00 bits per heavy atom. The van der Waals surface area contributed by atoms with E-state index in [4.69, 9.17) is 21.7 Å². The molecule has 2 N–H and O–H groups in total. The van der Waals surface area contributed by atoms with E-state index in [0.29, 0.717) is 18.3 Å². The van der Waals surface area contributed by atoms with E-state index in [2.05, 4.69) is 29.7 Å². The van der Waals surface area contributed by atoms with Gasteiger partial charge in [0.2, 0.25) is 0 Å². The molecule has 1 heterocycles. The molecule has 2 aromatic carbocycles. The Morgan fingerprint density at radius 3 is 2.52 bits per heavy atom. The number of anilines is 2. The molecule has 0 spiro atoms. The maximum atomic E-state index is 5.69. The predicted molar refractivity (Wildman–Crippen MR) is 97.7 cm³/mol. The molecule has 2 aromatic rings. The summed E-state index contributed by atoms with van der Waals surface area (Å²) in [4.78, 5) is 0. The van der Waals surface area contributed by atoms with E-state index >= 15 is 0 Å². The molecule has 0 atom stereocenters. The Morgan fingerprint density at radius 2 is 1.74 bits per heavy atom. The van der Waals surface area contributed by atoms with Gasteiger partial charge in [-0.05, 0) is 48.5 Å². The maximum Gasteiger partial charge on any atom is 0.175 e. The molecule has 3 rings (SSSR count). The molecule has 0 radical (unpaired) electrons. The van der Waals surface area contributed by atoms with Crippen LogP contribution in [0.5, 0.6) is 11.5 Å². The van der Waals surface area contributed by atoms with Gasteiger partial charge in [0.05, 0.1) is 13.2 Å². The SMILES string of the molecule is CCc1cccc(NC(=S)Nc2ccc3c(c2)OCCCO3)c1. The van der Waals surface area contributed by atoms with E-state index in [1.54, 1.807) is 0 Å². The first-order chi connectivity index (χ1) is 11.2. The van der Waals surface area contributed by atoms with Gasteiger partial charge < -0.3 is 20.1 Å². The van der Waals surface area contributed by atoms with Crippen molar-refractivity contribution in [3.05, 3.63) is 48.0 Å². The highest BCUT2D eigenvalue weighted by atomic mass is 32.1. The van der Waals surface area contributed by atoms with Crippen LogP contribution in [0, 0.1) is 0 Å². The van der Waals surface area contributed by atoms with Crippen molar-refractivity contribution >= 4 is 28.7 Å². The highest BCUT2D eigenvalue weighted by molar-refractivity contribution is 7.80. The second-order valence-electron chi connectivity index (χ2n) is 5.35. The van der Waals surface area contributed by atoms with Crippen LogP contribution in [0.2, 0.25) is 0 Å². The number of rotatable bonds is 3. The zero-order chi connectivity index (χ0) is 16.1. The van der Waals surface area contributed by atoms with E-state index in [9.17, 15) is 0 Å². The number of hydrogen-bond acceptors (Lipinski definition) is 3. The zero-order valence-corrected chi connectivity index (χ0v) is 13.9. The minimum Gasteiger partial charge on any atom is -0.490 e. The van der Waals surface area contributed by atoms with Gasteiger partial charge in [-0.2, -0.15) is 0 Å². The average Bonchev–Trinajstić information content (AvgIpc) is 2.79. The molecule has 0 amide bonds. The van der Waals surface area contributed by atoms with Crippen molar-refractivity contribution < 1.29 is 9.47 Å². The zero-order valence-electron chi connectivity index (χ0n) is 13.1. The second kappa shape index (κ2) is 7.33. The Kier molecular flexibility index (Phi) is 4.98. The summed E-state index contributed by atoms with van der Waals surface area (Å²) in [6.07, 6.45) is 1.89. The van der Waals surface area contributed by atoms with Crippen molar-refractivity contribution in [2.24, 2.45) is 0 Å². The third-order valence-electron chi connectivity index (χ3n) is 3.60. The van der Waals surface area contributed by atoms with Crippen LogP contribution in [0.3, 0.4) is 0 Å². The maximum absolute atomic E-state index is 5.69. The first-order valence-electron chi connectivity index (χ1n) is 7.81. The van der Waals surface area contributed by atoms with Gasteiger partial charge in [0.15, 0.2) is 16.6 Å². The Hall–Kier alpha value is -2.27. The first-order valence-corrected chi connectivity index (χ1v) is 8.22. The van der Waals surface area contributed by atoms with Crippen LogP contribution in [-0.4, -0.2) is 18.3 Å². The van der Waals surface area contributed by atoms with E-state index in [0.717, 1.165) is 35.7 Å². The number of ether oxygens (including phenoxy) is 2. The van der Waals surface area contributed by atoms with Crippen molar-refractivity contribution in [3.63, 3.8) is 0 Å². The fraction of sp³-hybridized carbons (Fsp3) is 0.278. The number of hydrogen-bond donors (Lipinski definition) is 2. The molecule has 1 aliphatic heterocycles. The average molecular weight is 328 g/mol. The van der Waals surface area contributed by atoms with Crippen LogP contribution in [0.25, 0.3) is 0 Å². The van der Waals surface area contributed by atoms with Gasteiger partial charge in [-0.25, -0.2) is 0 Å². The van der Waals surface area contributed by atoms with Crippen LogP contribution in [0.4, 0.5) is 11.4 Å². The van der Waals surface area contributed by atoms with Gasteiger partial charge in [-0.15, -0.1) is 0 Å². The summed E-state index contributed by atoms with van der Waals surface area (Å²) < 4.78 is 11.3. The number of nitrogens with one attached hydrogen (secondary N) is 2. The lowest BCUT2D eigenvalue weighted by atomic mass is 10.1. The third-order valence-corrected chi connectivity index (χ3v) is 3.80. The lowest BCUT2D eigenvalue weighted by Gasteiger charge is -2.13. The minimum atomic E-state index is 0.549. The molecule has 4 nitrogen and oxygen atoms in total. The summed E-state index contributed by atoms with van der Waals surface area (Å²) in [5, 5.41) is 6.94. The lowest BCUT2D eigenvalue weighted by molar-refractivity contribution is 0.297. The lowest BCUT2D eigenvalue weighted by Crippen LogP contribution is -2.19. The summed E-state index contributed by atoms with van der Waals surface area (Å²) in [6.45, 7) is 3.49. The highest BCUT2D eigenvalue weighted by Gasteiger charge is 2.11. The van der Waals surface area contributed by atoms with E-state index in [1.807, 2.05) is 30.3 Å². The summed E-state index contributed by atoms with van der Waals surface area (Å²) in [6, 6.07) is 14.0. The van der Waals surface area contributed by atoms with Crippen LogP contribution >= 0.6 is 12.2 Å². The van der Waals surface area contributed by atoms with Crippen LogP contribution in [-0.2, 0) is 6.42 Å². The van der Waals surface area contributed by atoms with Crippen LogP contribution in [0.1, 0.15) is 18.9 Å². The number of thiocarbonyl (C=S) groups is 1. The third kappa shape index (κ3) is 4.13. The summed E-state index contributed by atoms with van der Waals surface area (Å²) >= 11 is 5.38. The van der Waals surface area contributed by atoms with E-state index in [1.165, 1.54) is 5.56 Å². The Labute approximate surface area is 141 Å². The molecule has 23 heavy (non-hydrogen) atoms. The van der Waals surface area contributed by atoms with E-state index in [-0.39, 0.29) is 0 Å². The smallest absolute Gasteiger partial charge is 0.175 e. The minimum absolute atomic E-state index is 0.549. The Balaban J connectivity index is 1.66. The molecule has 0 saturated heterocycles. The van der Waals surface area contributed by atoms with Gasteiger partial charge in [0.25, 0.3) is 0 Å². The van der Waals surface area contributed by atoms with E-state index < -0.39 is 0 Å². The predicted octanol–water partition coefficient (Wildman–Crippen LogP) is 4.22. The van der Waals surface area contributed by atoms with Crippen molar-refractivity contribution in [2.45, 2.75) is 19.8 Å². The fourth-order valence-electron chi connectivity index (χ4n) is 2.40. The number of fused-ring (bicyclic) bond motifs is 1. The van der Waals surface area contributed by atoms with Gasteiger partial charge >= 0.3 is 0 Å². The molecule has 0 fully saturated rings. The molecular weight excluding hydrogens is 308 g/mol. The molecule has 0 unspecified atom stereocenters. The van der Waals surface area contributed by atoms with Gasteiger partial charge in [0.1, 0.15) is 0 Å². The molecule has 120 valence electrons. The molecule has 0 saturated carbocycles. The topological polar surface area (TPSA) is 42.5 Å². The monoisotopic (exact) mass is 328 g/mol. The highest BCUT2D eigenvalue weighted by Crippen LogP contribution is 2.32. The quantitative estimate of drug-likeness (QED) is 0.826. The second-order valence-corrected chi connectivity index (χ2v) is 5.75. The van der Waals surface area contributed by atoms with Crippen molar-refractivity contribution in [1.29, 1.82) is 0 Å². The summed E-state index contributed by atoms with van der Waals surface area (Å²) in [7, 11) is 0. The standard InChI is InChI=1S/C18H20N2O2S/c1-2-13-5-3-6-14(11-13)19-18(23)20-15-7-8-16-17(12-15)22-10-4-9-21-16/h3,5-8,11-12H,2,4,9-10H2,1H3,(H2,19,20,23). The van der Waals surface area contributed by atoms with Gasteiger partial charge in [0, 0.05) is 23.9 Å². The molecule has 0 aromatic heterocycles. The molecule has 0 bridgehead atoms. The summed E-state index contributed by atoms with van der Waals surface area (Å²) in [5.41, 5.74) is 3.13. The molecule has 5 heteroatoms.